The van der Waals surface area contributed by atoms with Gasteiger partial charge in [-0.25, -0.2) is 0 Å². The summed E-state index contributed by atoms with van der Waals surface area (Å²) in [6.45, 7) is 7.17. The van der Waals surface area contributed by atoms with Crippen LogP contribution >= 0.6 is 11.6 Å². The number of rotatable bonds is 7. The maximum atomic E-state index is 12.2. The lowest BCUT2D eigenvalue weighted by atomic mass is 10.1. The molecule has 3 rings (SSSR count). The minimum atomic E-state index is -0.227. The maximum Gasteiger partial charge on any atom is 0.262 e. The predicted octanol–water partition coefficient (Wildman–Crippen LogP) is 4.05. The highest BCUT2D eigenvalue weighted by molar-refractivity contribution is 6.30. The minimum absolute atomic E-state index is 0.0737. The monoisotopic (exact) mass is 429 g/mol. The van der Waals surface area contributed by atoms with Gasteiger partial charge in [0.25, 0.3) is 5.91 Å². The van der Waals surface area contributed by atoms with E-state index in [0.29, 0.717) is 28.8 Å². The molecule has 1 fully saturated rings. The summed E-state index contributed by atoms with van der Waals surface area (Å²) >= 11 is 5.83. The van der Waals surface area contributed by atoms with Gasteiger partial charge in [0.15, 0.2) is 6.61 Å². The fourth-order valence-electron chi connectivity index (χ4n) is 3.32. The van der Waals surface area contributed by atoms with Crippen LogP contribution < -0.4 is 15.0 Å². The molecule has 30 heavy (non-hydrogen) atoms. The van der Waals surface area contributed by atoms with Crippen molar-refractivity contribution in [3.05, 3.63) is 53.6 Å². The molecule has 1 saturated heterocycles. The number of piperazine rings is 1. The number of ether oxygens (including phenoxy) is 1. The first-order valence-electron chi connectivity index (χ1n) is 10.2. The van der Waals surface area contributed by atoms with E-state index in [0.717, 1.165) is 31.9 Å². The van der Waals surface area contributed by atoms with Crippen LogP contribution in [0.2, 0.25) is 5.02 Å². The van der Waals surface area contributed by atoms with Gasteiger partial charge in [0, 0.05) is 49.0 Å². The standard InChI is InChI=1S/C23H28ClN3O3/c1-17(2)15-23(29)27-13-11-26(12-14-27)20-7-5-19(6-8-20)25-22(28)16-30-21-9-3-18(24)4-10-21/h3-10,17H,11-16H2,1-2H3,(H,25,28). The van der Waals surface area contributed by atoms with Crippen LogP contribution in [0.4, 0.5) is 11.4 Å². The quantitative estimate of drug-likeness (QED) is 0.721. The second-order valence-electron chi connectivity index (χ2n) is 7.80. The highest BCUT2D eigenvalue weighted by atomic mass is 35.5. The molecule has 1 N–H and O–H groups in total. The van der Waals surface area contributed by atoms with E-state index < -0.39 is 0 Å². The van der Waals surface area contributed by atoms with E-state index in [9.17, 15) is 9.59 Å². The van der Waals surface area contributed by atoms with Crippen molar-refractivity contribution in [2.45, 2.75) is 20.3 Å². The zero-order valence-electron chi connectivity index (χ0n) is 17.4. The third-order valence-corrected chi connectivity index (χ3v) is 5.17. The van der Waals surface area contributed by atoms with Gasteiger partial charge >= 0.3 is 0 Å². The van der Waals surface area contributed by atoms with E-state index in [1.807, 2.05) is 29.2 Å². The Balaban J connectivity index is 1.45. The van der Waals surface area contributed by atoms with Gasteiger partial charge < -0.3 is 19.9 Å². The molecule has 1 heterocycles. The molecular formula is C23H28ClN3O3. The van der Waals surface area contributed by atoms with Crippen molar-refractivity contribution < 1.29 is 14.3 Å². The zero-order chi connectivity index (χ0) is 21.5. The number of nitrogens with one attached hydrogen (secondary N) is 1. The van der Waals surface area contributed by atoms with Crippen molar-refractivity contribution in [2.75, 3.05) is 43.0 Å². The Morgan fingerprint density at radius 1 is 1.00 bits per heavy atom. The van der Waals surface area contributed by atoms with Gasteiger partial charge in [-0.15, -0.1) is 0 Å². The van der Waals surface area contributed by atoms with Gasteiger partial charge in [-0.3, -0.25) is 9.59 Å². The van der Waals surface area contributed by atoms with E-state index in [-0.39, 0.29) is 18.4 Å². The van der Waals surface area contributed by atoms with Gasteiger partial charge in [-0.05, 0) is 54.4 Å². The predicted molar refractivity (Wildman–Crippen MR) is 120 cm³/mol. The Labute approximate surface area is 182 Å². The topological polar surface area (TPSA) is 61.9 Å². The Kier molecular flexibility index (Phi) is 7.57. The van der Waals surface area contributed by atoms with Crippen LogP contribution in [-0.4, -0.2) is 49.5 Å². The van der Waals surface area contributed by atoms with Gasteiger partial charge in [0.2, 0.25) is 5.91 Å². The molecule has 0 saturated carbocycles. The highest BCUT2D eigenvalue weighted by Gasteiger charge is 2.21. The average Bonchev–Trinajstić information content (AvgIpc) is 2.73. The first-order valence-corrected chi connectivity index (χ1v) is 10.6. The van der Waals surface area contributed by atoms with Gasteiger partial charge in [-0.1, -0.05) is 25.4 Å². The molecule has 1 aliphatic rings. The number of halogens is 1. The van der Waals surface area contributed by atoms with Gasteiger partial charge in [-0.2, -0.15) is 0 Å². The minimum Gasteiger partial charge on any atom is -0.484 e. The number of nitrogens with zero attached hydrogens (tertiary/aromatic N) is 2. The number of anilines is 2. The highest BCUT2D eigenvalue weighted by Crippen LogP contribution is 2.20. The normalized spacial score (nSPS) is 14.0. The molecule has 0 aliphatic carbocycles. The molecule has 160 valence electrons. The number of carbonyl (C=O) groups is 2. The lowest BCUT2D eigenvalue weighted by Gasteiger charge is -2.36. The molecule has 0 radical (unpaired) electrons. The summed E-state index contributed by atoms with van der Waals surface area (Å²) in [6.07, 6.45) is 0.607. The Hall–Kier alpha value is -2.73. The lowest BCUT2D eigenvalue weighted by molar-refractivity contribution is -0.132. The SMILES string of the molecule is CC(C)CC(=O)N1CCN(c2ccc(NC(=O)COc3ccc(Cl)cc3)cc2)CC1. The molecule has 0 atom stereocenters. The number of carbonyl (C=O) groups excluding carboxylic acids is 2. The number of benzene rings is 2. The van der Waals surface area contributed by atoms with Crippen LogP contribution in [0.1, 0.15) is 20.3 Å². The van der Waals surface area contributed by atoms with Crippen LogP contribution in [0.5, 0.6) is 5.75 Å². The second kappa shape index (κ2) is 10.3. The molecule has 2 aromatic carbocycles. The van der Waals surface area contributed by atoms with E-state index >= 15 is 0 Å². The summed E-state index contributed by atoms with van der Waals surface area (Å²) in [4.78, 5) is 28.5. The first kappa shape index (κ1) is 22.0. The average molecular weight is 430 g/mol. The van der Waals surface area contributed by atoms with Crippen molar-refractivity contribution in [1.82, 2.24) is 4.90 Å². The van der Waals surface area contributed by atoms with Crippen LogP contribution in [0, 0.1) is 5.92 Å². The fraction of sp³-hybridized carbons (Fsp3) is 0.391. The Morgan fingerprint density at radius 3 is 2.23 bits per heavy atom. The summed E-state index contributed by atoms with van der Waals surface area (Å²) in [5, 5.41) is 3.45. The van der Waals surface area contributed by atoms with Crippen molar-refractivity contribution in [2.24, 2.45) is 5.92 Å². The van der Waals surface area contributed by atoms with Crippen LogP contribution in [-0.2, 0) is 9.59 Å². The van der Waals surface area contributed by atoms with Crippen LogP contribution in [0.15, 0.2) is 48.5 Å². The van der Waals surface area contributed by atoms with Gasteiger partial charge in [0.1, 0.15) is 5.75 Å². The summed E-state index contributed by atoms with van der Waals surface area (Å²) < 4.78 is 5.46. The smallest absolute Gasteiger partial charge is 0.262 e. The zero-order valence-corrected chi connectivity index (χ0v) is 18.2. The Morgan fingerprint density at radius 2 is 1.63 bits per heavy atom. The van der Waals surface area contributed by atoms with Crippen molar-refractivity contribution in [3.63, 3.8) is 0 Å². The molecular weight excluding hydrogens is 402 g/mol. The summed E-state index contributed by atoms with van der Waals surface area (Å²) in [6, 6.07) is 14.6. The van der Waals surface area contributed by atoms with E-state index in [1.165, 1.54) is 0 Å². The fourth-order valence-corrected chi connectivity index (χ4v) is 3.45. The van der Waals surface area contributed by atoms with E-state index in [4.69, 9.17) is 16.3 Å². The Bertz CT molecular complexity index is 845. The molecule has 0 bridgehead atoms. The third kappa shape index (κ3) is 6.39. The van der Waals surface area contributed by atoms with E-state index in [2.05, 4.69) is 24.1 Å². The summed E-state index contributed by atoms with van der Waals surface area (Å²) in [5.41, 5.74) is 1.80. The number of amides is 2. The molecule has 0 spiro atoms. The van der Waals surface area contributed by atoms with Crippen LogP contribution in [0.25, 0.3) is 0 Å². The first-order chi connectivity index (χ1) is 14.4. The lowest BCUT2D eigenvalue weighted by Crippen LogP contribution is -2.49. The van der Waals surface area contributed by atoms with E-state index in [1.54, 1.807) is 24.3 Å². The largest absolute Gasteiger partial charge is 0.484 e. The number of hydrogen-bond donors (Lipinski definition) is 1. The maximum absolute atomic E-state index is 12.2. The number of hydrogen-bond acceptors (Lipinski definition) is 4. The molecule has 0 aromatic heterocycles. The summed E-state index contributed by atoms with van der Waals surface area (Å²) in [7, 11) is 0. The second-order valence-corrected chi connectivity index (χ2v) is 8.24. The molecule has 0 unspecified atom stereocenters. The molecule has 1 aliphatic heterocycles. The summed E-state index contributed by atoms with van der Waals surface area (Å²) in [5.74, 6) is 0.990. The molecule has 6 nitrogen and oxygen atoms in total. The molecule has 7 heteroatoms. The third-order valence-electron chi connectivity index (χ3n) is 4.92. The molecule has 2 aromatic rings. The van der Waals surface area contributed by atoms with Crippen molar-refractivity contribution >= 4 is 34.8 Å². The molecule has 2 amide bonds. The van der Waals surface area contributed by atoms with Crippen LogP contribution in [0.3, 0.4) is 0 Å². The van der Waals surface area contributed by atoms with Crippen molar-refractivity contribution in [3.8, 4) is 5.75 Å². The van der Waals surface area contributed by atoms with Crippen molar-refractivity contribution in [1.29, 1.82) is 0 Å². The van der Waals surface area contributed by atoms with Gasteiger partial charge in [0.05, 0.1) is 0 Å².